The van der Waals surface area contributed by atoms with Gasteiger partial charge in [-0.2, -0.15) is 10.2 Å². The molecule has 0 saturated carbocycles. The van der Waals surface area contributed by atoms with Crippen LogP contribution in [-0.4, -0.2) is 43.9 Å². The van der Waals surface area contributed by atoms with Gasteiger partial charge in [-0.3, -0.25) is 9.59 Å². The predicted octanol–water partition coefficient (Wildman–Crippen LogP) is 2.62. The minimum Gasteiger partial charge on any atom is -0.494 e. The van der Waals surface area contributed by atoms with Crippen molar-refractivity contribution in [2.75, 3.05) is 13.7 Å². The van der Waals surface area contributed by atoms with E-state index in [4.69, 9.17) is 4.74 Å². The first-order chi connectivity index (χ1) is 15.0. The number of likely N-dealkylation sites (N-methyl/N-ethyl adjacent to an activating group) is 1. The molecule has 0 unspecified atom stereocenters. The molecule has 0 N–H and O–H groups in total. The molecular formula is C23H23N5O3. The number of rotatable bonds is 7. The van der Waals surface area contributed by atoms with E-state index >= 15 is 0 Å². The molecule has 158 valence electrons. The molecule has 2 aromatic carbocycles. The number of nitrogens with zero attached hydrogens (tertiary/aromatic N) is 5. The van der Waals surface area contributed by atoms with Crippen molar-refractivity contribution < 1.29 is 9.53 Å². The molecule has 0 bridgehead atoms. The third-order valence-electron chi connectivity index (χ3n) is 4.92. The Morgan fingerprint density at radius 3 is 2.55 bits per heavy atom. The number of carbonyl (C=O) groups excluding carboxylic acids is 1. The summed E-state index contributed by atoms with van der Waals surface area (Å²) in [6, 6.07) is 18.9. The second-order valence-electron chi connectivity index (χ2n) is 7.15. The smallest absolute Gasteiger partial charge is 0.293 e. The van der Waals surface area contributed by atoms with E-state index in [0.29, 0.717) is 24.4 Å². The molecule has 0 radical (unpaired) electrons. The molecular weight excluding hydrogens is 394 g/mol. The van der Waals surface area contributed by atoms with Crippen LogP contribution in [0.25, 0.3) is 16.8 Å². The first kappa shape index (κ1) is 20.3. The molecule has 0 aliphatic heterocycles. The average Bonchev–Trinajstić information content (AvgIpc) is 3.22. The van der Waals surface area contributed by atoms with Crippen LogP contribution < -0.4 is 10.3 Å². The monoisotopic (exact) mass is 417 g/mol. The van der Waals surface area contributed by atoms with Gasteiger partial charge >= 0.3 is 0 Å². The van der Waals surface area contributed by atoms with E-state index in [1.165, 1.54) is 15.5 Å². The van der Waals surface area contributed by atoms with Crippen molar-refractivity contribution >= 4 is 11.4 Å². The minimum absolute atomic E-state index is 0.137. The van der Waals surface area contributed by atoms with E-state index in [9.17, 15) is 9.59 Å². The maximum absolute atomic E-state index is 12.9. The van der Waals surface area contributed by atoms with E-state index < -0.39 is 0 Å². The van der Waals surface area contributed by atoms with E-state index in [-0.39, 0.29) is 18.0 Å². The zero-order chi connectivity index (χ0) is 21.8. The van der Waals surface area contributed by atoms with Gasteiger partial charge in [-0.15, -0.1) is 0 Å². The zero-order valence-corrected chi connectivity index (χ0v) is 17.4. The van der Waals surface area contributed by atoms with Gasteiger partial charge in [0.25, 0.3) is 5.56 Å². The highest BCUT2D eigenvalue weighted by atomic mass is 16.5. The Kier molecular flexibility index (Phi) is 5.79. The van der Waals surface area contributed by atoms with Crippen molar-refractivity contribution in [1.82, 2.24) is 24.3 Å². The summed E-state index contributed by atoms with van der Waals surface area (Å²) >= 11 is 0. The number of benzene rings is 2. The largest absolute Gasteiger partial charge is 0.494 e. The van der Waals surface area contributed by atoms with Gasteiger partial charge in [0.15, 0.2) is 0 Å². The van der Waals surface area contributed by atoms with E-state index in [1.807, 2.05) is 61.5 Å². The van der Waals surface area contributed by atoms with Crippen molar-refractivity contribution in [1.29, 1.82) is 0 Å². The second-order valence-corrected chi connectivity index (χ2v) is 7.15. The van der Waals surface area contributed by atoms with Gasteiger partial charge in [0.1, 0.15) is 24.1 Å². The molecule has 31 heavy (non-hydrogen) atoms. The average molecular weight is 417 g/mol. The molecule has 2 aromatic heterocycles. The summed E-state index contributed by atoms with van der Waals surface area (Å²) in [5.74, 6) is 0.575. The number of hydrogen-bond acceptors (Lipinski definition) is 5. The summed E-state index contributed by atoms with van der Waals surface area (Å²) in [6.07, 6.45) is 1.44. The summed E-state index contributed by atoms with van der Waals surface area (Å²) < 4.78 is 8.06. The lowest BCUT2D eigenvalue weighted by Gasteiger charge is -2.17. The Bertz CT molecular complexity index is 1250. The van der Waals surface area contributed by atoms with Gasteiger partial charge < -0.3 is 9.64 Å². The van der Waals surface area contributed by atoms with Crippen molar-refractivity contribution in [3.8, 4) is 17.0 Å². The molecule has 4 rings (SSSR count). The Balaban J connectivity index is 1.54. The first-order valence-electron chi connectivity index (χ1n) is 10.0. The van der Waals surface area contributed by atoms with Crippen LogP contribution in [0, 0.1) is 0 Å². The summed E-state index contributed by atoms with van der Waals surface area (Å²) in [4.78, 5) is 27.1. The lowest BCUT2D eigenvalue weighted by molar-refractivity contribution is -0.131. The highest BCUT2D eigenvalue weighted by Gasteiger charge is 2.15. The molecule has 0 atom stereocenters. The van der Waals surface area contributed by atoms with Crippen LogP contribution in [0.15, 0.2) is 71.8 Å². The van der Waals surface area contributed by atoms with Crippen LogP contribution in [-0.2, 0) is 17.9 Å². The fourth-order valence-electron chi connectivity index (χ4n) is 3.27. The van der Waals surface area contributed by atoms with Gasteiger partial charge in [0, 0.05) is 19.2 Å². The highest BCUT2D eigenvalue weighted by molar-refractivity contribution is 5.75. The number of ether oxygens (including phenoxy) is 1. The molecule has 1 amide bonds. The summed E-state index contributed by atoms with van der Waals surface area (Å²) in [6.45, 7) is 2.85. The Morgan fingerprint density at radius 2 is 1.84 bits per heavy atom. The molecule has 8 heteroatoms. The SMILES string of the molecule is CCOc1ccc(-c2cc3c(=O)n(CC(=O)N(C)Cc4ccccc4)ncn3n2)cc1. The fraction of sp³-hybridized carbons (Fsp3) is 0.217. The van der Waals surface area contributed by atoms with Crippen LogP contribution in [0.2, 0.25) is 0 Å². The topological polar surface area (TPSA) is 81.7 Å². The normalized spacial score (nSPS) is 10.9. The Hall–Kier alpha value is -3.94. The van der Waals surface area contributed by atoms with Crippen LogP contribution >= 0.6 is 0 Å². The number of amides is 1. The molecule has 8 nitrogen and oxygen atoms in total. The highest BCUT2D eigenvalue weighted by Crippen LogP contribution is 2.21. The van der Waals surface area contributed by atoms with Gasteiger partial charge in [-0.05, 0) is 42.8 Å². The van der Waals surface area contributed by atoms with Crippen LogP contribution in [0.1, 0.15) is 12.5 Å². The van der Waals surface area contributed by atoms with E-state index in [0.717, 1.165) is 16.9 Å². The van der Waals surface area contributed by atoms with E-state index in [1.54, 1.807) is 18.0 Å². The predicted molar refractivity (Wildman–Crippen MR) is 117 cm³/mol. The summed E-state index contributed by atoms with van der Waals surface area (Å²) in [5, 5.41) is 8.55. The van der Waals surface area contributed by atoms with Crippen molar-refractivity contribution in [2.45, 2.75) is 20.0 Å². The van der Waals surface area contributed by atoms with Crippen LogP contribution in [0.3, 0.4) is 0 Å². The fourth-order valence-corrected chi connectivity index (χ4v) is 3.27. The third kappa shape index (κ3) is 4.48. The van der Waals surface area contributed by atoms with Crippen LogP contribution in [0.4, 0.5) is 0 Å². The third-order valence-corrected chi connectivity index (χ3v) is 4.92. The summed E-state index contributed by atoms with van der Waals surface area (Å²) in [7, 11) is 1.71. The standard InChI is InChI=1S/C23H23N5O3/c1-3-31-19-11-9-18(10-12-19)20-13-21-23(30)27(24-16-28(21)25-20)15-22(29)26(2)14-17-7-5-4-6-8-17/h4-13,16H,3,14-15H2,1-2H3. The maximum atomic E-state index is 12.9. The number of aromatic nitrogens is 4. The van der Waals surface area contributed by atoms with Crippen molar-refractivity contribution in [3.63, 3.8) is 0 Å². The molecule has 0 aliphatic rings. The second kappa shape index (κ2) is 8.83. The lowest BCUT2D eigenvalue weighted by Crippen LogP contribution is -2.35. The van der Waals surface area contributed by atoms with Crippen molar-refractivity contribution in [2.24, 2.45) is 0 Å². The first-order valence-corrected chi connectivity index (χ1v) is 10.0. The summed E-state index contributed by atoms with van der Waals surface area (Å²) in [5.41, 5.74) is 2.51. The molecule has 4 aromatic rings. The zero-order valence-electron chi connectivity index (χ0n) is 17.4. The van der Waals surface area contributed by atoms with Gasteiger partial charge in [0.05, 0.1) is 12.3 Å². The number of carbonyl (C=O) groups is 1. The van der Waals surface area contributed by atoms with Gasteiger partial charge in [-0.1, -0.05) is 30.3 Å². The quantitative estimate of drug-likeness (QED) is 0.462. The molecule has 0 saturated heterocycles. The molecule has 2 heterocycles. The van der Waals surface area contributed by atoms with Gasteiger partial charge in [-0.25, -0.2) is 9.20 Å². The number of fused-ring (bicyclic) bond motifs is 1. The van der Waals surface area contributed by atoms with Gasteiger partial charge in [0.2, 0.25) is 5.91 Å². The lowest BCUT2D eigenvalue weighted by atomic mass is 10.1. The van der Waals surface area contributed by atoms with E-state index in [2.05, 4.69) is 10.2 Å². The molecule has 0 fully saturated rings. The Morgan fingerprint density at radius 1 is 1.10 bits per heavy atom. The molecule has 0 spiro atoms. The number of hydrogen-bond donors (Lipinski definition) is 0. The van der Waals surface area contributed by atoms with Crippen LogP contribution in [0.5, 0.6) is 5.75 Å². The molecule has 0 aliphatic carbocycles. The Labute approximate surface area is 179 Å². The maximum Gasteiger partial charge on any atom is 0.293 e. The van der Waals surface area contributed by atoms with Crippen molar-refractivity contribution in [3.05, 3.63) is 82.9 Å². The minimum atomic E-state index is -0.367.